The largest absolute Gasteiger partial charge is 0.480 e. The van der Waals surface area contributed by atoms with Crippen LogP contribution in [0.15, 0.2) is 24.3 Å². The minimum atomic E-state index is -1.27. The number of rotatable bonds is 5. The molecule has 0 aliphatic rings. The van der Waals surface area contributed by atoms with Gasteiger partial charge < -0.3 is 15.3 Å². The smallest absolute Gasteiger partial charge is 0.329 e. The molecule has 0 saturated heterocycles. The Bertz CT molecular complexity index is 531. The van der Waals surface area contributed by atoms with Crippen LogP contribution in [-0.4, -0.2) is 34.1 Å². The van der Waals surface area contributed by atoms with Crippen molar-refractivity contribution in [1.29, 1.82) is 0 Å². The van der Waals surface area contributed by atoms with Gasteiger partial charge >= 0.3 is 12.0 Å². The molecule has 116 valence electrons. The van der Waals surface area contributed by atoms with Gasteiger partial charge in [-0.1, -0.05) is 23.7 Å². The van der Waals surface area contributed by atoms with Gasteiger partial charge in [-0.25, -0.2) is 9.59 Å². The number of amides is 2. The van der Waals surface area contributed by atoms with Crippen molar-refractivity contribution in [2.24, 2.45) is 0 Å². The van der Waals surface area contributed by atoms with Crippen molar-refractivity contribution < 1.29 is 14.7 Å². The molecule has 0 saturated carbocycles. The Hall–Kier alpha value is -1.75. The van der Waals surface area contributed by atoms with Crippen LogP contribution in [0.25, 0.3) is 0 Å². The molecule has 0 fully saturated rings. The lowest BCUT2D eigenvalue weighted by Gasteiger charge is -2.35. The summed E-state index contributed by atoms with van der Waals surface area (Å²) in [6.07, 6.45) is 0. The summed E-state index contributed by atoms with van der Waals surface area (Å²) < 4.78 is 0. The maximum Gasteiger partial charge on any atom is 0.329 e. The van der Waals surface area contributed by atoms with Crippen molar-refractivity contribution in [3.8, 4) is 0 Å². The second-order valence-corrected chi connectivity index (χ2v) is 5.77. The van der Waals surface area contributed by atoms with Crippen LogP contribution in [0.3, 0.4) is 0 Å². The molecule has 0 aliphatic carbocycles. The molecule has 6 heteroatoms. The number of carbonyl (C=O) groups is 2. The van der Waals surface area contributed by atoms with Crippen LogP contribution in [0.1, 0.15) is 39.3 Å². The first-order valence-electron chi connectivity index (χ1n) is 6.77. The lowest BCUT2D eigenvalue weighted by atomic mass is 10.0. The number of likely N-dealkylation sites (N-methyl/N-ethyl adjacent to an activating group) is 1. The van der Waals surface area contributed by atoms with E-state index in [9.17, 15) is 14.7 Å². The van der Waals surface area contributed by atoms with Gasteiger partial charge in [-0.05, 0) is 45.4 Å². The van der Waals surface area contributed by atoms with E-state index < -0.39 is 17.5 Å². The van der Waals surface area contributed by atoms with Crippen molar-refractivity contribution in [2.75, 3.05) is 6.54 Å². The first kappa shape index (κ1) is 17.3. The summed E-state index contributed by atoms with van der Waals surface area (Å²) in [6.45, 7) is 6.87. The molecule has 1 aromatic rings. The minimum absolute atomic E-state index is 0.269. The number of hydrogen-bond acceptors (Lipinski definition) is 2. The maximum atomic E-state index is 12.3. The Morgan fingerprint density at radius 3 is 2.52 bits per heavy atom. The average Bonchev–Trinajstić information content (AvgIpc) is 2.38. The molecule has 5 nitrogen and oxygen atoms in total. The van der Waals surface area contributed by atoms with Gasteiger partial charge in [-0.15, -0.1) is 0 Å². The topological polar surface area (TPSA) is 69.6 Å². The number of carboxylic acids is 1. The van der Waals surface area contributed by atoms with Gasteiger partial charge in [0, 0.05) is 11.6 Å². The molecule has 2 amide bonds. The van der Waals surface area contributed by atoms with Crippen molar-refractivity contribution in [2.45, 2.75) is 39.3 Å². The van der Waals surface area contributed by atoms with Crippen LogP contribution >= 0.6 is 11.6 Å². The lowest BCUT2D eigenvalue weighted by molar-refractivity contribution is -0.147. The van der Waals surface area contributed by atoms with E-state index in [2.05, 4.69) is 5.32 Å². The zero-order chi connectivity index (χ0) is 16.2. The number of carbonyl (C=O) groups excluding carboxylic acids is 1. The first-order valence-corrected chi connectivity index (χ1v) is 7.15. The fraction of sp³-hybridized carbons (Fsp3) is 0.467. The molecule has 1 rings (SSSR count). The number of benzene rings is 1. The third-order valence-corrected chi connectivity index (χ3v) is 3.68. The zero-order valence-corrected chi connectivity index (χ0v) is 13.4. The van der Waals surface area contributed by atoms with Crippen molar-refractivity contribution in [1.82, 2.24) is 10.2 Å². The first-order chi connectivity index (χ1) is 9.70. The van der Waals surface area contributed by atoms with Gasteiger partial charge in [0.1, 0.15) is 5.54 Å². The molecule has 1 unspecified atom stereocenters. The maximum absolute atomic E-state index is 12.3. The molecule has 0 heterocycles. The zero-order valence-electron chi connectivity index (χ0n) is 12.7. The Labute approximate surface area is 129 Å². The van der Waals surface area contributed by atoms with Gasteiger partial charge in [0.15, 0.2) is 0 Å². The number of nitrogens with one attached hydrogen (secondary N) is 1. The molecule has 1 aromatic carbocycles. The second kappa shape index (κ2) is 6.80. The van der Waals surface area contributed by atoms with Crippen molar-refractivity contribution in [3.05, 3.63) is 34.9 Å². The van der Waals surface area contributed by atoms with Crippen LogP contribution in [0.2, 0.25) is 5.02 Å². The molecule has 1 atom stereocenters. The van der Waals surface area contributed by atoms with Crippen LogP contribution in [0.5, 0.6) is 0 Å². The van der Waals surface area contributed by atoms with E-state index in [1.165, 1.54) is 18.7 Å². The highest BCUT2D eigenvalue weighted by molar-refractivity contribution is 6.30. The highest BCUT2D eigenvalue weighted by Crippen LogP contribution is 2.19. The Balaban J connectivity index is 2.86. The van der Waals surface area contributed by atoms with E-state index in [4.69, 9.17) is 11.6 Å². The molecule has 0 bridgehead atoms. The minimum Gasteiger partial charge on any atom is -0.480 e. The van der Waals surface area contributed by atoms with Crippen LogP contribution in [0.4, 0.5) is 4.79 Å². The third-order valence-electron chi connectivity index (χ3n) is 3.45. The summed E-state index contributed by atoms with van der Waals surface area (Å²) in [7, 11) is 0. The second-order valence-electron chi connectivity index (χ2n) is 5.33. The molecule has 2 N–H and O–H groups in total. The quantitative estimate of drug-likeness (QED) is 0.876. The monoisotopic (exact) mass is 312 g/mol. The average molecular weight is 313 g/mol. The summed E-state index contributed by atoms with van der Waals surface area (Å²) in [6, 6.07) is 6.50. The molecule has 0 spiro atoms. The van der Waals surface area contributed by atoms with E-state index in [0.29, 0.717) is 11.6 Å². The number of urea groups is 1. The fourth-order valence-electron chi connectivity index (χ4n) is 2.03. The van der Waals surface area contributed by atoms with Crippen molar-refractivity contribution in [3.63, 3.8) is 0 Å². The summed E-state index contributed by atoms with van der Waals surface area (Å²) >= 11 is 5.93. The van der Waals surface area contributed by atoms with E-state index in [0.717, 1.165) is 5.56 Å². The van der Waals surface area contributed by atoms with Gasteiger partial charge in [0.25, 0.3) is 0 Å². The normalized spacial score (nSPS) is 12.6. The summed E-state index contributed by atoms with van der Waals surface area (Å²) in [5.41, 5.74) is -0.410. The Morgan fingerprint density at radius 1 is 1.43 bits per heavy atom. The number of halogens is 1. The summed E-state index contributed by atoms with van der Waals surface area (Å²) in [4.78, 5) is 24.9. The van der Waals surface area contributed by atoms with E-state index in [-0.39, 0.29) is 6.04 Å². The number of aliphatic carboxylic acids is 1. The van der Waals surface area contributed by atoms with Crippen LogP contribution < -0.4 is 5.32 Å². The molecule has 0 aliphatic heterocycles. The number of nitrogens with zero attached hydrogens (tertiary/aromatic N) is 1. The predicted molar refractivity (Wildman–Crippen MR) is 82.5 cm³/mol. The molecule has 0 radical (unpaired) electrons. The number of carboxylic acid groups (broad SMARTS) is 1. The Morgan fingerprint density at radius 2 is 2.05 bits per heavy atom. The molecular formula is C15H21ClN2O3. The SMILES string of the molecule is CCN(C(=O)NC(C)c1cccc(Cl)c1)C(C)(C)C(=O)O. The van der Waals surface area contributed by atoms with Crippen LogP contribution in [-0.2, 0) is 4.79 Å². The van der Waals surface area contributed by atoms with E-state index in [1.807, 2.05) is 13.0 Å². The number of hydrogen-bond donors (Lipinski definition) is 2. The van der Waals surface area contributed by atoms with Crippen LogP contribution in [0, 0.1) is 0 Å². The van der Waals surface area contributed by atoms with E-state index >= 15 is 0 Å². The summed E-state index contributed by atoms with van der Waals surface area (Å²) in [5.74, 6) is -1.05. The van der Waals surface area contributed by atoms with E-state index in [1.54, 1.807) is 25.1 Å². The third kappa shape index (κ3) is 4.11. The van der Waals surface area contributed by atoms with Gasteiger partial charge in [0.2, 0.25) is 0 Å². The summed E-state index contributed by atoms with van der Waals surface area (Å²) in [5, 5.41) is 12.6. The van der Waals surface area contributed by atoms with Gasteiger partial charge in [-0.2, -0.15) is 0 Å². The van der Waals surface area contributed by atoms with Gasteiger partial charge in [-0.3, -0.25) is 0 Å². The molecular weight excluding hydrogens is 292 g/mol. The fourth-order valence-corrected chi connectivity index (χ4v) is 2.23. The lowest BCUT2D eigenvalue weighted by Crippen LogP contribution is -2.56. The Kier molecular flexibility index (Phi) is 5.61. The van der Waals surface area contributed by atoms with Crippen molar-refractivity contribution >= 4 is 23.6 Å². The highest BCUT2D eigenvalue weighted by Gasteiger charge is 2.37. The standard InChI is InChI=1S/C15H21ClN2O3/c1-5-18(15(3,4)13(19)20)14(21)17-10(2)11-7-6-8-12(16)9-11/h6-10H,5H2,1-4H3,(H,17,21)(H,19,20). The predicted octanol–water partition coefficient (Wildman–Crippen LogP) is 3.30. The molecule has 0 aromatic heterocycles. The van der Waals surface area contributed by atoms with Gasteiger partial charge in [0.05, 0.1) is 6.04 Å². The molecule has 21 heavy (non-hydrogen) atoms. The highest BCUT2D eigenvalue weighted by atomic mass is 35.5.